The summed E-state index contributed by atoms with van der Waals surface area (Å²) in [6.45, 7) is 2.43. The molecule has 2 heterocycles. The maximum Gasteiger partial charge on any atom is 0.331 e. The zero-order valence-corrected chi connectivity index (χ0v) is 18.7. The summed E-state index contributed by atoms with van der Waals surface area (Å²) in [4.78, 5) is 37.8. The molecule has 3 aromatic rings. The molecule has 7 nitrogen and oxygen atoms in total. The maximum absolute atomic E-state index is 13.8. The van der Waals surface area contributed by atoms with Crippen LogP contribution >= 0.6 is 15.9 Å². The van der Waals surface area contributed by atoms with Crippen LogP contribution in [-0.2, 0) is 16.1 Å². The van der Waals surface area contributed by atoms with Crippen LogP contribution in [0.1, 0.15) is 12.5 Å². The number of para-hydroxylation sites is 1. The number of amides is 4. The number of aromatic nitrogens is 1. The first kappa shape index (κ1) is 21.8. The lowest BCUT2D eigenvalue weighted by molar-refractivity contribution is -0.129. The molecule has 0 aliphatic carbocycles. The molecular formula is C23H19BrFN3O4. The Labute approximate surface area is 191 Å². The second-order valence-corrected chi connectivity index (χ2v) is 8.00. The van der Waals surface area contributed by atoms with Gasteiger partial charge in [0.15, 0.2) is 11.6 Å². The number of carbonyl (C=O) groups is 3. The summed E-state index contributed by atoms with van der Waals surface area (Å²) in [5, 5.41) is 3.00. The average Bonchev–Trinajstić information content (AvgIpc) is 3.09. The largest absolute Gasteiger partial charge is 0.489 e. The minimum absolute atomic E-state index is 0.118. The van der Waals surface area contributed by atoms with Gasteiger partial charge in [0.2, 0.25) is 0 Å². The van der Waals surface area contributed by atoms with Gasteiger partial charge in [-0.15, -0.1) is 0 Å². The van der Waals surface area contributed by atoms with E-state index in [-0.39, 0.29) is 24.5 Å². The Kier molecular flexibility index (Phi) is 6.09. The number of halogens is 2. The third-order valence-electron chi connectivity index (χ3n) is 5.10. The fourth-order valence-corrected chi connectivity index (χ4v) is 3.91. The van der Waals surface area contributed by atoms with Gasteiger partial charge in [0, 0.05) is 33.7 Å². The van der Waals surface area contributed by atoms with Crippen LogP contribution in [0.25, 0.3) is 17.0 Å². The molecule has 9 heteroatoms. The Morgan fingerprint density at radius 2 is 1.94 bits per heavy atom. The number of hydrogen-bond donors (Lipinski definition) is 1. The Hall–Kier alpha value is -3.46. The number of barbiturate groups is 1. The monoisotopic (exact) mass is 499 g/mol. The second-order valence-electron chi connectivity index (χ2n) is 7.08. The molecule has 0 atom stereocenters. The molecule has 0 spiro atoms. The molecule has 1 saturated heterocycles. The van der Waals surface area contributed by atoms with Gasteiger partial charge in [0.1, 0.15) is 12.2 Å². The number of hydrogen-bond acceptors (Lipinski definition) is 4. The number of nitrogens with zero attached hydrogens (tertiary/aromatic N) is 2. The highest BCUT2D eigenvalue weighted by atomic mass is 79.9. The molecule has 4 rings (SSSR count). The summed E-state index contributed by atoms with van der Waals surface area (Å²) in [6, 6.07) is 11.1. The number of ether oxygens (including phenoxy) is 1. The summed E-state index contributed by atoms with van der Waals surface area (Å²) >= 11 is 3.45. The highest BCUT2D eigenvalue weighted by Crippen LogP contribution is 2.28. The SMILES string of the molecule is CCN1C(=O)NC(=O)/C(=C\c2cn(CCOc3ccccc3F)c3ccc(Br)cc23)C1=O. The van der Waals surface area contributed by atoms with E-state index in [1.807, 2.05) is 22.8 Å². The van der Waals surface area contributed by atoms with Crippen molar-refractivity contribution in [3.05, 3.63) is 70.1 Å². The topological polar surface area (TPSA) is 80.6 Å². The van der Waals surface area contributed by atoms with E-state index >= 15 is 0 Å². The minimum Gasteiger partial charge on any atom is -0.489 e. The van der Waals surface area contributed by atoms with E-state index in [0.29, 0.717) is 12.1 Å². The fraction of sp³-hybridized carbons (Fsp3) is 0.174. The Morgan fingerprint density at radius 1 is 1.16 bits per heavy atom. The van der Waals surface area contributed by atoms with Gasteiger partial charge in [0.25, 0.3) is 11.8 Å². The van der Waals surface area contributed by atoms with Gasteiger partial charge in [-0.25, -0.2) is 9.18 Å². The lowest BCUT2D eigenvalue weighted by Gasteiger charge is -2.24. The minimum atomic E-state index is -0.733. The Morgan fingerprint density at radius 3 is 2.69 bits per heavy atom. The first-order valence-corrected chi connectivity index (χ1v) is 10.7. The van der Waals surface area contributed by atoms with E-state index in [9.17, 15) is 18.8 Å². The molecule has 0 saturated carbocycles. The number of imide groups is 2. The number of carbonyl (C=O) groups excluding carboxylic acids is 3. The zero-order chi connectivity index (χ0) is 22.8. The standard InChI is InChI=1S/C23H19BrFN3O4/c1-2-28-22(30)17(21(29)26-23(28)31)11-14-13-27(19-8-7-15(24)12-16(14)19)9-10-32-20-6-4-3-5-18(20)25/h3-8,11-13H,2,9-10H2,1H3,(H,26,29,31)/b17-11+. The molecule has 0 bridgehead atoms. The predicted molar refractivity (Wildman–Crippen MR) is 120 cm³/mol. The van der Waals surface area contributed by atoms with Crippen molar-refractivity contribution in [3.8, 4) is 5.75 Å². The predicted octanol–water partition coefficient (Wildman–Crippen LogP) is 4.10. The first-order valence-electron chi connectivity index (χ1n) is 9.93. The van der Waals surface area contributed by atoms with E-state index in [4.69, 9.17) is 4.74 Å². The van der Waals surface area contributed by atoms with Crippen LogP contribution in [0, 0.1) is 5.82 Å². The summed E-state index contributed by atoms with van der Waals surface area (Å²) in [6.07, 6.45) is 3.28. The van der Waals surface area contributed by atoms with Crippen LogP contribution in [0.4, 0.5) is 9.18 Å². The van der Waals surface area contributed by atoms with E-state index in [0.717, 1.165) is 20.3 Å². The van der Waals surface area contributed by atoms with Crippen molar-refractivity contribution >= 4 is 50.8 Å². The van der Waals surface area contributed by atoms with Crippen molar-refractivity contribution in [2.45, 2.75) is 13.5 Å². The molecule has 1 aliphatic rings. The summed E-state index contributed by atoms with van der Waals surface area (Å²) in [5.74, 6) is -1.64. The van der Waals surface area contributed by atoms with Crippen molar-refractivity contribution in [1.82, 2.24) is 14.8 Å². The van der Waals surface area contributed by atoms with Gasteiger partial charge < -0.3 is 9.30 Å². The van der Waals surface area contributed by atoms with Gasteiger partial charge in [-0.1, -0.05) is 28.1 Å². The third kappa shape index (κ3) is 4.16. The average molecular weight is 500 g/mol. The normalized spacial score (nSPS) is 15.5. The van der Waals surface area contributed by atoms with Gasteiger partial charge in [0.05, 0.1) is 6.54 Å². The molecule has 1 N–H and O–H groups in total. The molecule has 1 aromatic heterocycles. The van der Waals surface area contributed by atoms with Crippen LogP contribution < -0.4 is 10.1 Å². The zero-order valence-electron chi connectivity index (χ0n) is 17.1. The highest BCUT2D eigenvalue weighted by Gasteiger charge is 2.34. The van der Waals surface area contributed by atoms with Gasteiger partial charge >= 0.3 is 6.03 Å². The van der Waals surface area contributed by atoms with Gasteiger partial charge in [-0.2, -0.15) is 0 Å². The molecule has 164 valence electrons. The molecule has 1 fully saturated rings. The summed E-state index contributed by atoms with van der Waals surface area (Å²) in [7, 11) is 0. The lowest BCUT2D eigenvalue weighted by atomic mass is 10.1. The highest BCUT2D eigenvalue weighted by molar-refractivity contribution is 9.10. The molecule has 1 aliphatic heterocycles. The van der Waals surface area contributed by atoms with Gasteiger partial charge in [-0.05, 0) is 43.3 Å². The van der Waals surface area contributed by atoms with Crippen LogP contribution in [0.5, 0.6) is 5.75 Å². The number of likely N-dealkylation sites (N-methyl/N-ethyl adjacent to an activating group) is 1. The van der Waals surface area contributed by atoms with Crippen molar-refractivity contribution in [1.29, 1.82) is 0 Å². The third-order valence-corrected chi connectivity index (χ3v) is 5.60. The van der Waals surface area contributed by atoms with E-state index in [1.165, 1.54) is 12.1 Å². The molecule has 2 aromatic carbocycles. The number of nitrogens with one attached hydrogen (secondary N) is 1. The van der Waals surface area contributed by atoms with Crippen LogP contribution in [0.3, 0.4) is 0 Å². The van der Waals surface area contributed by atoms with E-state index < -0.39 is 23.7 Å². The van der Waals surface area contributed by atoms with Crippen molar-refractivity contribution in [2.24, 2.45) is 0 Å². The van der Waals surface area contributed by atoms with Crippen LogP contribution in [0.2, 0.25) is 0 Å². The number of benzene rings is 2. The number of fused-ring (bicyclic) bond motifs is 1. The first-order chi connectivity index (χ1) is 15.4. The smallest absolute Gasteiger partial charge is 0.331 e. The fourth-order valence-electron chi connectivity index (χ4n) is 3.55. The van der Waals surface area contributed by atoms with E-state index in [2.05, 4.69) is 21.2 Å². The molecule has 32 heavy (non-hydrogen) atoms. The molecule has 4 amide bonds. The van der Waals surface area contributed by atoms with Crippen molar-refractivity contribution in [3.63, 3.8) is 0 Å². The maximum atomic E-state index is 13.8. The Balaban J connectivity index is 1.66. The molecule has 0 unspecified atom stereocenters. The lowest BCUT2D eigenvalue weighted by Crippen LogP contribution is -2.53. The van der Waals surface area contributed by atoms with Crippen molar-refractivity contribution < 1.29 is 23.5 Å². The van der Waals surface area contributed by atoms with E-state index in [1.54, 1.807) is 31.3 Å². The Bertz CT molecular complexity index is 1270. The quantitative estimate of drug-likeness (QED) is 0.408. The second kappa shape index (κ2) is 8.96. The van der Waals surface area contributed by atoms with Gasteiger partial charge in [-0.3, -0.25) is 19.8 Å². The van der Waals surface area contributed by atoms with Crippen LogP contribution in [0.15, 0.2) is 58.7 Å². The van der Waals surface area contributed by atoms with Crippen molar-refractivity contribution in [2.75, 3.05) is 13.2 Å². The molecule has 0 radical (unpaired) electrons. The molecular weight excluding hydrogens is 481 g/mol. The number of rotatable bonds is 6. The summed E-state index contributed by atoms with van der Waals surface area (Å²) < 4.78 is 22.1. The number of urea groups is 1. The summed E-state index contributed by atoms with van der Waals surface area (Å²) in [5.41, 5.74) is 1.37. The van der Waals surface area contributed by atoms with Crippen LogP contribution in [-0.4, -0.2) is 40.5 Å².